The molecule has 1 aromatic rings. The highest BCUT2D eigenvalue weighted by molar-refractivity contribution is 9.10. The predicted octanol–water partition coefficient (Wildman–Crippen LogP) is 2.86. The van der Waals surface area contributed by atoms with Crippen molar-refractivity contribution in [2.45, 2.75) is 30.1 Å². The van der Waals surface area contributed by atoms with E-state index < -0.39 is 16.8 Å². The Labute approximate surface area is 144 Å². The van der Waals surface area contributed by atoms with Gasteiger partial charge in [0.2, 0.25) is 5.91 Å². The average Bonchev–Trinajstić information content (AvgIpc) is 2.97. The lowest BCUT2D eigenvalue weighted by Crippen LogP contribution is -2.41. The van der Waals surface area contributed by atoms with Crippen LogP contribution in [0.25, 0.3) is 0 Å². The van der Waals surface area contributed by atoms with Gasteiger partial charge in [-0.3, -0.25) is 9.59 Å². The molecular formula is C15H15Br2NO4. The molecule has 2 atom stereocenters. The van der Waals surface area contributed by atoms with Crippen LogP contribution >= 0.6 is 31.9 Å². The molecule has 22 heavy (non-hydrogen) atoms. The summed E-state index contributed by atoms with van der Waals surface area (Å²) in [6.45, 7) is 0.433. The first kappa shape index (κ1) is 17.1. The van der Waals surface area contributed by atoms with E-state index in [-0.39, 0.29) is 18.1 Å². The first-order valence-corrected chi connectivity index (χ1v) is 8.57. The third kappa shape index (κ3) is 3.95. The van der Waals surface area contributed by atoms with E-state index in [1.165, 1.54) is 4.90 Å². The quantitative estimate of drug-likeness (QED) is 0.573. The number of nitrogens with zero attached hydrogens (tertiary/aromatic N) is 1. The molecule has 1 aromatic carbocycles. The van der Waals surface area contributed by atoms with Gasteiger partial charge in [0.25, 0.3) is 0 Å². The minimum absolute atomic E-state index is 0.0430. The number of halogens is 2. The Morgan fingerprint density at radius 1 is 1.27 bits per heavy atom. The van der Waals surface area contributed by atoms with Crippen molar-refractivity contribution in [3.8, 4) is 0 Å². The molecule has 1 aliphatic rings. The number of carbonyl (C=O) groups excluding carboxylic acids is 2. The molecule has 0 spiro atoms. The third-order valence-corrected chi connectivity index (χ3v) is 4.89. The second kappa shape index (κ2) is 7.37. The SMILES string of the molecule is O=C(c1ccc(Br)cc1)C(Br)CC(=O)N1CCC[C@H]1C(=O)O. The highest BCUT2D eigenvalue weighted by atomic mass is 79.9. The molecule has 5 nitrogen and oxygen atoms in total. The number of hydrogen-bond acceptors (Lipinski definition) is 3. The van der Waals surface area contributed by atoms with Crippen LogP contribution in [0.2, 0.25) is 0 Å². The van der Waals surface area contributed by atoms with Crippen molar-refractivity contribution >= 4 is 49.5 Å². The number of ketones is 1. The van der Waals surface area contributed by atoms with Crippen molar-refractivity contribution in [2.75, 3.05) is 6.54 Å². The van der Waals surface area contributed by atoms with Gasteiger partial charge in [-0.1, -0.05) is 44.0 Å². The van der Waals surface area contributed by atoms with Crippen LogP contribution in [0.1, 0.15) is 29.6 Å². The molecule has 0 aliphatic carbocycles. The van der Waals surface area contributed by atoms with Crippen LogP contribution in [0.15, 0.2) is 28.7 Å². The third-order valence-electron chi connectivity index (χ3n) is 3.63. The molecule has 1 fully saturated rings. The van der Waals surface area contributed by atoms with Crippen molar-refractivity contribution in [2.24, 2.45) is 0 Å². The second-order valence-corrected chi connectivity index (χ2v) is 7.15. The number of carboxylic acid groups (broad SMARTS) is 1. The number of hydrogen-bond donors (Lipinski definition) is 1. The molecule has 1 unspecified atom stereocenters. The average molecular weight is 433 g/mol. The summed E-state index contributed by atoms with van der Waals surface area (Å²) >= 11 is 6.54. The zero-order valence-corrected chi connectivity index (χ0v) is 14.8. The highest BCUT2D eigenvalue weighted by Crippen LogP contribution is 2.22. The van der Waals surface area contributed by atoms with Gasteiger partial charge in [0, 0.05) is 23.0 Å². The van der Waals surface area contributed by atoms with Crippen LogP contribution in [0.5, 0.6) is 0 Å². The van der Waals surface area contributed by atoms with Crippen molar-refractivity contribution in [1.29, 1.82) is 0 Å². The normalized spacial score (nSPS) is 19.0. The molecule has 1 saturated heterocycles. The van der Waals surface area contributed by atoms with Crippen molar-refractivity contribution in [3.63, 3.8) is 0 Å². The van der Waals surface area contributed by atoms with E-state index in [0.29, 0.717) is 24.9 Å². The molecule has 7 heteroatoms. The Morgan fingerprint density at radius 3 is 2.50 bits per heavy atom. The minimum Gasteiger partial charge on any atom is -0.480 e. The summed E-state index contributed by atoms with van der Waals surface area (Å²) in [6, 6.07) is 6.11. The molecule has 1 N–H and O–H groups in total. The maximum atomic E-state index is 12.3. The van der Waals surface area contributed by atoms with Crippen LogP contribution in [-0.2, 0) is 9.59 Å². The number of Topliss-reactive ketones (excluding diaryl/α,β-unsaturated/α-hetero) is 1. The van der Waals surface area contributed by atoms with E-state index in [1.807, 2.05) is 0 Å². The van der Waals surface area contributed by atoms with Gasteiger partial charge < -0.3 is 10.0 Å². The Bertz CT molecular complexity index is 588. The van der Waals surface area contributed by atoms with Gasteiger partial charge in [-0.25, -0.2) is 4.79 Å². The number of amides is 1. The van der Waals surface area contributed by atoms with Gasteiger partial charge in [-0.15, -0.1) is 0 Å². The van der Waals surface area contributed by atoms with E-state index in [2.05, 4.69) is 31.9 Å². The van der Waals surface area contributed by atoms with Crippen molar-refractivity contribution in [3.05, 3.63) is 34.3 Å². The van der Waals surface area contributed by atoms with Gasteiger partial charge in [-0.2, -0.15) is 0 Å². The minimum atomic E-state index is -0.990. The molecule has 2 rings (SSSR count). The smallest absolute Gasteiger partial charge is 0.326 e. The zero-order valence-electron chi connectivity index (χ0n) is 11.7. The monoisotopic (exact) mass is 431 g/mol. The Kier molecular flexibility index (Phi) is 5.74. The molecule has 0 radical (unpaired) electrons. The number of aliphatic carboxylic acids is 1. The van der Waals surface area contributed by atoms with Gasteiger partial charge in [-0.05, 0) is 25.0 Å². The fraction of sp³-hybridized carbons (Fsp3) is 0.400. The van der Waals surface area contributed by atoms with Crippen LogP contribution in [0.4, 0.5) is 0 Å². The summed E-state index contributed by atoms with van der Waals surface area (Å²) in [5.41, 5.74) is 0.508. The highest BCUT2D eigenvalue weighted by Gasteiger charge is 2.35. The lowest BCUT2D eigenvalue weighted by Gasteiger charge is -2.22. The van der Waals surface area contributed by atoms with E-state index in [0.717, 1.165) is 4.47 Å². The van der Waals surface area contributed by atoms with E-state index >= 15 is 0 Å². The molecular weight excluding hydrogens is 418 g/mol. The first-order valence-electron chi connectivity index (χ1n) is 6.86. The van der Waals surface area contributed by atoms with E-state index in [4.69, 9.17) is 5.11 Å². The number of likely N-dealkylation sites (tertiary alicyclic amines) is 1. The topological polar surface area (TPSA) is 74.7 Å². The number of carbonyl (C=O) groups is 3. The van der Waals surface area contributed by atoms with Crippen LogP contribution in [0, 0.1) is 0 Å². The molecule has 0 aromatic heterocycles. The van der Waals surface area contributed by atoms with Gasteiger partial charge in [0.15, 0.2) is 5.78 Å². The molecule has 0 saturated carbocycles. The standard InChI is InChI=1S/C15H15Br2NO4/c16-10-5-3-9(4-6-10)14(20)11(17)8-13(19)18-7-1-2-12(18)15(21)22/h3-6,11-12H,1-2,7-8H2,(H,21,22)/t11?,12-/m0/s1. The maximum absolute atomic E-state index is 12.3. The van der Waals surface area contributed by atoms with Gasteiger partial charge >= 0.3 is 5.97 Å². The summed E-state index contributed by atoms with van der Waals surface area (Å²) in [5, 5.41) is 9.10. The molecule has 118 valence electrons. The van der Waals surface area contributed by atoms with Gasteiger partial charge in [0.05, 0.1) is 4.83 Å². The molecule has 1 amide bonds. The van der Waals surface area contributed by atoms with Crippen molar-refractivity contribution < 1.29 is 19.5 Å². The number of benzene rings is 1. The lowest BCUT2D eigenvalue weighted by molar-refractivity contribution is -0.148. The summed E-state index contributed by atoms with van der Waals surface area (Å²) in [6.07, 6.45) is 1.10. The summed E-state index contributed by atoms with van der Waals surface area (Å²) < 4.78 is 0.868. The van der Waals surface area contributed by atoms with E-state index in [9.17, 15) is 14.4 Å². The summed E-state index contributed by atoms with van der Waals surface area (Å²) in [7, 11) is 0. The van der Waals surface area contributed by atoms with Crippen molar-refractivity contribution in [1.82, 2.24) is 4.90 Å². The number of alkyl halides is 1. The Balaban J connectivity index is 2.00. The summed E-state index contributed by atoms with van der Waals surface area (Å²) in [5.74, 6) is -1.49. The van der Waals surface area contributed by atoms with Crippen LogP contribution in [-0.4, -0.2) is 45.1 Å². The first-order chi connectivity index (χ1) is 10.4. The fourth-order valence-electron chi connectivity index (χ4n) is 2.48. The van der Waals surface area contributed by atoms with Gasteiger partial charge in [0.1, 0.15) is 6.04 Å². The molecule has 0 bridgehead atoms. The number of rotatable bonds is 5. The molecule has 1 heterocycles. The largest absolute Gasteiger partial charge is 0.480 e. The maximum Gasteiger partial charge on any atom is 0.326 e. The second-order valence-electron chi connectivity index (χ2n) is 5.13. The zero-order chi connectivity index (χ0) is 16.3. The van der Waals surface area contributed by atoms with E-state index in [1.54, 1.807) is 24.3 Å². The van der Waals surface area contributed by atoms with Crippen LogP contribution in [0.3, 0.4) is 0 Å². The fourth-order valence-corrected chi connectivity index (χ4v) is 3.29. The van der Waals surface area contributed by atoms with Crippen LogP contribution < -0.4 is 0 Å². The molecule has 1 aliphatic heterocycles. The Hall–Kier alpha value is -1.21. The Morgan fingerprint density at radius 2 is 1.91 bits per heavy atom. The predicted molar refractivity (Wildman–Crippen MR) is 88.2 cm³/mol. The number of carboxylic acids is 1. The summed E-state index contributed by atoms with van der Waals surface area (Å²) in [4.78, 5) is 36.3. The lowest BCUT2D eigenvalue weighted by atomic mass is 10.1.